The van der Waals surface area contributed by atoms with Gasteiger partial charge in [0.25, 0.3) is 0 Å². The Labute approximate surface area is 121 Å². The third-order valence-electron chi connectivity index (χ3n) is 3.66. The lowest BCUT2D eigenvalue weighted by atomic mass is 9.82. The van der Waals surface area contributed by atoms with E-state index in [-0.39, 0.29) is 5.41 Å². The van der Waals surface area contributed by atoms with Crippen molar-refractivity contribution < 1.29 is 9.47 Å². The summed E-state index contributed by atoms with van der Waals surface area (Å²) in [6.07, 6.45) is 3.12. The molecule has 1 aliphatic rings. The van der Waals surface area contributed by atoms with Gasteiger partial charge < -0.3 is 14.8 Å². The molecule has 0 bridgehead atoms. The zero-order chi connectivity index (χ0) is 14.4. The summed E-state index contributed by atoms with van der Waals surface area (Å²) in [5.74, 6) is 1.31. The summed E-state index contributed by atoms with van der Waals surface area (Å²) in [5.41, 5.74) is 1.18. The second kappa shape index (κ2) is 6.88. The average Bonchev–Trinajstić information content (AvgIpc) is 2.43. The van der Waals surface area contributed by atoms with Gasteiger partial charge in [0, 0.05) is 31.5 Å². The Morgan fingerprint density at radius 1 is 1.35 bits per heavy atom. The molecule has 0 atom stereocenters. The van der Waals surface area contributed by atoms with Crippen molar-refractivity contribution in [2.45, 2.75) is 40.0 Å². The quantitative estimate of drug-likeness (QED) is 0.867. The van der Waals surface area contributed by atoms with Crippen LogP contribution in [0, 0.1) is 12.3 Å². The standard InChI is InChI=1S/C15H25N3O2/c1-4-7-20-13-10-12(2)17-14(18-13)16-11-15(3)5-8-19-9-6-15/h10H,4-9,11H2,1-3H3,(H,16,17,18). The number of aromatic nitrogens is 2. The van der Waals surface area contributed by atoms with Crippen LogP contribution in [0.2, 0.25) is 0 Å². The van der Waals surface area contributed by atoms with E-state index in [4.69, 9.17) is 9.47 Å². The van der Waals surface area contributed by atoms with Gasteiger partial charge in [-0.15, -0.1) is 0 Å². The molecule has 0 spiro atoms. The van der Waals surface area contributed by atoms with E-state index in [1.165, 1.54) is 0 Å². The summed E-state index contributed by atoms with van der Waals surface area (Å²) >= 11 is 0. The highest BCUT2D eigenvalue weighted by molar-refractivity contribution is 5.31. The summed E-state index contributed by atoms with van der Waals surface area (Å²) in [5, 5.41) is 3.35. The van der Waals surface area contributed by atoms with E-state index in [0.717, 1.165) is 44.7 Å². The number of anilines is 1. The minimum atomic E-state index is 0.260. The molecule has 2 heterocycles. The highest BCUT2D eigenvalue weighted by atomic mass is 16.5. The van der Waals surface area contributed by atoms with E-state index >= 15 is 0 Å². The van der Waals surface area contributed by atoms with Gasteiger partial charge in [0.15, 0.2) is 0 Å². The van der Waals surface area contributed by atoms with Gasteiger partial charge in [-0.05, 0) is 31.6 Å². The minimum Gasteiger partial charge on any atom is -0.478 e. The molecule has 0 amide bonds. The Hall–Kier alpha value is -1.36. The van der Waals surface area contributed by atoms with Crippen molar-refractivity contribution in [3.8, 4) is 5.88 Å². The van der Waals surface area contributed by atoms with Crippen LogP contribution in [0.3, 0.4) is 0 Å². The Kier molecular flexibility index (Phi) is 5.17. The lowest BCUT2D eigenvalue weighted by Crippen LogP contribution is -2.33. The first-order valence-corrected chi connectivity index (χ1v) is 7.41. The first-order chi connectivity index (χ1) is 9.61. The molecule has 112 valence electrons. The number of nitrogens with zero attached hydrogens (tertiary/aromatic N) is 2. The zero-order valence-electron chi connectivity index (χ0n) is 12.7. The third kappa shape index (κ3) is 4.34. The van der Waals surface area contributed by atoms with E-state index in [9.17, 15) is 0 Å². The molecule has 1 saturated heterocycles. The molecule has 20 heavy (non-hydrogen) atoms. The molecule has 2 rings (SSSR count). The first-order valence-electron chi connectivity index (χ1n) is 7.41. The predicted molar refractivity (Wildman–Crippen MR) is 79.2 cm³/mol. The Morgan fingerprint density at radius 2 is 2.10 bits per heavy atom. The lowest BCUT2D eigenvalue weighted by molar-refractivity contribution is 0.0299. The fraction of sp³-hybridized carbons (Fsp3) is 0.733. The number of aryl methyl sites for hydroxylation is 1. The molecule has 5 nitrogen and oxygen atoms in total. The topological polar surface area (TPSA) is 56.3 Å². The van der Waals surface area contributed by atoms with Crippen LogP contribution in [0.5, 0.6) is 5.88 Å². The van der Waals surface area contributed by atoms with E-state index < -0.39 is 0 Å². The molecule has 1 fully saturated rings. The smallest absolute Gasteiger partial charge is 0.226 e. The monoisotopic (exact) mass is 279 g/mol. The molecule has 1 aliphatic heterocycles. The number of rotatable bonds is 6. The average molecular weight is 279 g/mol. The summed E-state index contributed by atoms with van der Waals surface area (Å²) < 4.78 is 11.0. The summed E-state index contributed by atoms with van der Waals surface area (Å²) in [6.45, 7) is 9.57. The van der Waals surface area contributed by atoms with Crippen molar-refractivity contribution in [1.29, 1.82) is 0 Å². The molecule has 1 aromatic heterocycles. The fourth-order valence-corrected chi connectivity index (χ4v) is 2.23. The second-order valence-corrected chi connectivity index (χ2v) is 5.80. The van der Waals surface area contributed by atoms with Crippen molar-refractivity contribution in [3.63, 3.8) is 0 Å². The van der Waals surface area contributed by atoms with Crippen molar-refractivity contribution in [3.05, 3.63) is 11.8 Å². The Balaban J connectivity index is 1.96. The summed E-state index contributed by atoms with van der Waals surface area (Å²) in [6, 6.07) is 1.87. The SMILES string of the molecule is CCCOc1cc(C)nc(NCC2(C)CCOCC2)n1. The molecule has 1 aromatic rings. The molecule has 0 unspecified atom stereocenters. The van der Waals surface area contributed by atoms with Crippen LogP contribution in [0.25, 0.3) is 0 Å². The molecule has 0 radical (unpaired) electrons. The number of hydrogen-bond acceptors (Lipinski definition) is 5. The Morgan fingerprint density at radius 3 is 2.80 bits per heavy atom. The van der Waals surface area contributed by atoms with E-state index in [1.807, 2.05) is 13.0 Å². The predicted octanol–water partition coefficient (Wildman–Crippen LogP) is 2.80. The van der Waals surface area contributed by atoms with Gasteiger partial charge in [0.05, 0.1) is 6.61 Å². The van der Waals surface area contributed by atoms with Gasteiger partial charge >= 0.3 is 0 Å². The first kappa shape index (κ1) is 15.0. The molecular weight excluding hydrogens is 254 g/mol. The largest absolute Gasteiger partial charge is 0.478 e. The van der Waals surface area contributed by atoms with Crippen LogP contribution < -0.4 is 10.1 Å². The van der Waals surface area contributed by atoms with E-state index in [0.29, 0.717) is 18.4 Å². The number of nitrogens with one attached hydrogen (secondary N) is 1. The van der Waals surface area contributed by atoms with Gasteiger partial charge in [-0.2, -0.15) is 4.98 Å². The van der Waals surface area contributed by atoms with Crippen molar-refractivity contribution in [1.82, 2.24) is 9.97 Å². The summed E-state index contributed by atoms with van der Waals surface area (Å²) in [7, 11) is 0. The number of ether oxygens (including phenoxy) is 2. The lowest BCUT2D eigenvalue weighted by Gasteiger charge is -2.33. The van der Waals surface area contributed by atoms with Crippen LogP contribution in [-0.4, -0.2) is 36.3 Å². The van der Waals surface area contributed by atoms with Crippen molar-refractivity contribution in [2.24, 2.45) is 5.41 Å². The molecule has 0 saturated carbocycles. The number of hydrogen-bond donors (Lipinski definition) is 1. The zero-order valence-corrected chi connectivity index (χ0v) is 12.7. The van der Waals surface area contributed by atoms with Crippen LogP contribution in [0.4, 0.5) is 5.95 Å². The maximum Gasteiger partial charge on any atom is 0.226 e. The molecule has 0 aromatic carbocycles. The van der Waals surface area contributed by atoms with Gasteiger partial charge in [-0.25, -0.2) is 4.98 Å². The van der Waals surface area contributed by atoms with Gasteiger partial charge in [-0.1, -0.05) is 13.8 Å². The normalized spacial score (nSPS) is 17.8. The van der Waals surface area contributed by atoms with Gasteiger partial charge in [0.2, 0.25) is 11.8 Å². The molecule has 5 heteroatoms. The fourth-order valence-electron chi connectivity index (χ4n) is 2.23. The van der Waals surface area contributed by atoms with Crippen LogP contribution >= 0.6 is 0 Å². The van der Waals surface area contributed by atoms with Crippen LogP contribution in [0.15, 0.2) is 6.07 Å². The maximum atomic E-state index is 5.58. The van der Waals surface area contributed by atoms with E-state index in [1.54, 1.807) is 0 Å². The minimum absolute atomic E-state index is 0.260. The highest BCUT2D eigenvalue weighted by Gasteiger charge is 2.27. The second-order valence-electron chi connectivity index (χ2n) is 5.80. The van der Waals surface area contributed by atoms with Crippen LogP contribution in [0.1, 0.15) is 38.8 Å². The summed E-state index contributed by atoms with van der Waals surface area (Å²) in [4.78, 5) is 8.83. The molecule has 1 N–H and O–H groups in total. The van der Waals surface area contributed by atoms with Crippen molar-refractivity contribution >= 4 is 5.95 Å². The van der Waals surface area contributed by atoms with E-state index in [2.05, 4.69) is 29.1 Å². The van der Waals surface area contributed by atoms with Gasteiger partial charge in [-0.3, -0.25) is 0 Å². The van der Waals surface area contributed by atoms with Crippen molar-refractivity contribution in [2.75, 3.05) is 31.7 Å². The Bertz CT molecular complexity index is 431. The molecular formula is C15H25N3O2. The molecule has 0 aliphatic carbocycles. The van der Waals surface area contributed by atoms with Crippen LogP contribution in [-0.2, 0) is 4.74 Å². The third-order valence-corrected chi connectivity index (χ3v) is 3.66. The van der Waals surface area contributed by atoms with Gasteiger partial charge in [0.1, 0.15) is 0 Å². The maximum absolute atomic E-state index is 5.58. The highest BCUT2D eigenvalue weighted by Crippen LogP contribution is 2.29.